The lowest BCUT2D eigenvalue weighted by atomic mass is 10.2. The first-order valence-corrected chi connectivity index (χ1v) is 8.93. The van der Waals surface area contributed by atoms with E-state index in [0.29, 0.717) is 15.8 Å². The molecule has 0 aromatic heterocycles. The van der Waals surface area contributed by atoms with Crippen LogP contribution in [0.1, 0.15) is 11.1 Å². The van der Waals surface area contributed by atoms with Gasteiger partial charge in [0.1, 0.15) is 16.7 Å². The van der Waals surface area contributed by atoms with Gasteiger partial charge in [-0.15, -0.1) is 0 Å². The number of nitrogens with zero attached hydrogens (tertiary/aromatic N) is 1. The summed E-state index contributed by atoms with van der Waals surface area (Å²) in [5.41, 5.74) is 1.54. The maximum absolute atomic E-state index is 12.6. The van der Waals surface area contributed by atoms with Crippen molar-refractivity contribution < 1.29 is 13.2 Å². The van der Waals surface area contributed by atoms with Crippen LogP contribution in [0.2, 0.25) is 0 Å². The van der Waals surface area contributed by atoms with Gasteiger partial charge in [0, 0.05) is 0 Å². The van der Waals surface area contributed by atoms with Crippen molar-refractivity contribution in [3.05, 3.63) is 63.0 Å². The summed E-state index contributed by atoms with van der Waals surface area (Å²) in [4.78, 5) is -0.207. The summed E-state index contributed by atoms with van der Waals surface area (Å²) < 4.78 is 30.9. The molecule has 0 spiro atoms. The minimum atomic E-state index is -3.84. The van der Waals surface area contributed by atoms with Gasteiger partial charge in [-0.05, 0) is 58.8 Å². The second-order valence-electron chi connectivity index (χ2n) is 4.83. The molecule has 0 unspecified atom stereocenters. The average molecular weight is 392 g/mol. The van der Waals surface area contributed by atoms with Gasteiger partial charge in [-0.2, -0.15) is 5.26 Å². The van der Waals surface area contributed by atoms with Crippen molar-refractivity contribution in [3.63, 3.8) is 0 Å². The molecule has 0 aliphatic heterocycles. The van der Waals surface area contributed by atoms with Crippen LogP contribution in [-0.4, -0.2) is 15.5 Å². The molecule has 0 atom stereocenters. The number of halogens is 1. The number of aryl methyl sites for hydroxylation is 1. The molecule has 118 valence electrons. The number of benzene rings is 2. The smallest absolute Gasteiger partial charge is 0.216 e. The third kappa shape index (κ3) is 3.81. The Morgan fingerprint density at radius 1 is 1.22 bits per heavy atom. The second kappa shape index (κ2) is 6.99. The van der Waals surface area contributed by atoms with E-state index in [-0.39, 0.29) is 9.80 Å². The molecule has 0 heterocycles. The molecule has 0 amide bonds. The van der Waals surface area contributed by atoms with E-state index < -0.39 is 9.84 Å². The molecule has 0 bridgehead atoms. The molecule has 2 rings (SSSR count). The molecule has 2 aromatic carbocycles. The number of methoxy groups -OCH3 is 1. The van der Waals surface area contributed by atoms with Crippen molar-refractivity contribution in [3.8, 4) is 11.8 Å². The molecule has 2 aromatic rings. The van der Waals surface area contributed by atoms with Crippen molar-refractivity contribution in [2.45, 2.75) is 11.8 Å². The lowest BCUT2D eigenvalue weighted by molar-refractivity contribution is 0.412. The molecule has 0 N–H and O–H groups in total. The summed E-state index contributed by atoms with van der Waals surface area (Å²) in [6, 6.07) is 13.3. The molecule has 0 saturated heterocycles. The minimum Gasteiger partial charge on any atom is -0.496 e. The summed E-state index contributed by atoms with van der Waals surface area (Å²) in [6.07, 6.45) is 1.35. The molecule has 0 aliphatic carbocycles. The van der Waals surface area contributed by atoms with Crippen molar-refractivity contribution in [2.75, 3.05) is 7.11 Å². The van der Waals surface area contributed by atoms with E-state index in [4.69, 9.17) is 4.74 Å². The van der Waals surface area contributed by atoms with Crippen LogP contribution in [0.25, 0.3) is 6.08 Å². The van der Waals surface area contributed by atoms with E-state index in [0.717, 1.165) is 5.56 Å². The van der Waals surface area contributed by atoms with Gasteiger partial charge in [0.2, 0.25) is 9.84 Å². The third-order valence-electron chi connectivity index (χ3n) is 3.20. The fourth-order valence-electron chi connectivity index (χ4n) is 1.94. The van der Waals surface area contributed by atoms with E-state index in [1.165, 1.54) is 25.3 Å². The van der Waals surface area contributed by atoms with E-state index >= 15 is 0 Å². The quantitative estimate of drug-likeness (QED) is 0.735. The molecular formula is C17H14BrNO3S. The van der Waals surface area contributed by atoms with Gasteiger partial charge in [0.15, 0.2) is 0 Å². The highest BCUT2D eigenvalue weighted by molar-refractivity contribution is 9.10. The predicted octanol–water partition coefficient (Wildman–Crippen LogP) is 4.10. The first-order valence-electron chi connectivity index (χ1n) is 6.65. The van der Waals surface area contributed by atoms with Gasteiger partial charge in [-0.25, -0.2) is 8.42 Å². The lowest BCUT2D eigenvalue weighted by Gasteiger charge is -2.06. The molecule has 0 saturated carbocycles. The topological polar surface area (TPSA) is 67.2 Å². The number of hydrogen-bond donors (Lipinski definition) is 0. The van der Waals surface area contributed by atoms with Gasteiger partial charge in [-0.3, -0.25) is 0 Å². The van der Waals surface area contributed by atoms with Crippen LogP contribution >= 0.6 is 15.9 Å². The van der Waals surface area contributed by atoms with E-state index in [2.05, 4.69) is 15.9 Å². The predicted molar refractivity (Wildman–Crippen MR) is 92.6 cm³/mol. The van der Waals surface area contributed by atoms with Gasteiger partial charge >= 0.3 is 0 Å². The molecule has 0 aliphatic rings. The third-order valence-corrected chi connectivity index (χ3v) is 5.51. The van der Waals surface area contributed by atoms with Crippen molar-refractivity contribution in [1.29, 1.82) is 5.26 Å². The zero-order valence-electron chi connectivity index (χ0n) is 12.6. The SMILES string of the molecule is COc1ccc(C=C(C#N)S(=O)(=O)c2ccc(C)cc2)cc1Br. The summed E-state index contributed by atoms with van der Waals surface area (Å²) in [5.74, 6) is 0.627. The van der Waals surface area contributed by atoms with Crippen molar-refractivity contribution >= 4 is 31.8 Å². The standard InChI is InChI=1S/C17H14BrNO3S/c1-12-3-6-14(7-4-12)23(20,21)15(11-19)9-13-5-8-17(22-2)16(18)10-13/h3-10H,1-2H3. The Labute approximate surface area is 144 Å². The average Bonchev–Trinajstić information content (AvgIpc) is 2.53. The number of sulfone groups is 1. The highest BCUT2D eigenvalue weighted by Gasteiger charge is 2.20. The molecular weight excluding hydrogens is 378 g/mol. The van der Waals surface area contributed by atoms with Crippen LogP contribution in [-0.2, 0) is 9.84 Å². The Hall–Kier alpha value is -2.10. The first-order chi connectivity index (χ1) is 10.9. The van der Waals surface area contributed by atoms with E-state index in [1.54, 1.807) is 36.4 Å². The summed E-state index contributed by atoms with van der Waals surface area (Å²) >= 11 is 3.34. The van der Waals surface area contributed by atoms with Crippen LogP contribution < -0.4 is 4.74 Å². The second-order valence-corrected chi connectivity index (χ2v) is 7.60. The molecule has 4 nitrogen and oxygen atoms in total. The number of allylic oxidation sites excluding steroid dienone is 1. The van der Waals surface area contributed by atoms with Gasteiger partial charge in [0.05, 0.1) is 16.5 Å². The van der Waals surface area contributed by atoms with Gasteiger partial charge in [0.25, 0.3) is 0 Å². The summed E-state index contributed by atoms with van der Waals surface area (Å²) in [6.45, 7) is 1.87. The lowest BCUT2D eigenvalue weighted by Crippen LogP contribution is -2.03. The number of ether oxygens (including phenoxy) is 1. The number of nitriles is 1. The molecule has 0 radical (unpaired) electrons. The van der Waals surface area contributed by atoms with Crippen LogP contribution in [0.3, 0.4) is 0 Å². The Morgan fingerprint density at radius 2 is 1.87 bits per heavy atom. The first kappa shape index (κ1) is 17.3. The highest BCUT2D eigenvalue weighted by Crippen LogP contribution is 2.28. The maximum Gasteiger partial charge on any atom is 0.216 e. The summed E-state index contributed by atoms with van der Waals surface area (Å²) in [5, 5.41) is 9.28. The highest BCUT2D eigenvalue weighted by atomic mass is 79.9. The number of rotatable bonds is 4. The number of hydrogen-bond acceptors (Lipinski definition) is 4. The maximum atomic E-state index is 12.6. The zero-order valence-corrected chi connectivity index (χ0v) is 15.0. The Morgan fingerprint density at radius 3 is 2.39 bits per heavy atom. The molecule has 0 fully saturated rings. The van der Waals surface area contributed by atoms with E-state index in [1.807, 2.05) is 6.92 Å². The minimum absolute atomic E-state index is 0.100. The van der Waals surface area contributed by atoms with Crippen molar-refractivity contribution in [1.82, 2.24) is 0 Å². The summed E-state index contributed by atoms with van der Waals surface area (Å²) in [7, 11) is -2.30. The van der Waals surface area contributed by atoms with Crippen LogP contribution in [0.15, 0.2) is 56.7 Å². The van der Waals surface area contributed by atoms with Crippen molar-refractivity contribution in [2.24, 2.45) is 0 Å². The Bertz CT molecular complexity index is 894. The normalized spacial score (nSPS) is 11.8. The van der Waals surface area contributed by atoms with Crippen LogP contribution in [0, 0.1) is 18.3 Å². The fourth-order valence-corrected chi connectivity index (χ4v) is 3.66. The zero-order chi connectivity index (χ0) is 17.0. The largest absolute Gasteiger partial charge is 0.496 e. The van der Waals surface area contributed by atoms with Gasteiger partial charge in [-0.1, -0.05) is 23.8 Å². The van der Waals surface area contributed by atoms with Crippen LogP contribution in [0.4, 0.5) is 0 Å². The fraction of sp³-hybridized carbons (Fsp3) is 0.118. The Kier molecular flexibility index (Phi) is 5.24. The Balaban J connectivity index is 2.48. The monoisotopic (exact) mass is 391 g/mol. The van der Waals surface area contributed by atoms with Crippen LogP contribution in [0.5, 0.6) is 5.75 Å². The van der Waals surface area contributed by atoms with E-state index in [9.17, 15) is 13.7 Å². The molecule has 6 heteroatoms. The van der Waals surface area contributed by atoms with Gasteiger partial charge < -0.3 is 4.74 Å². The molecule has 23 heavy (non-hydrogen) atoms.